The molecule has 37 heavy (non-hydrogen) atoms. The van der Waals surface area contributed by atoms with Gasteiger partial charge in [-0.2, -0.15) is 0 Å². The molecule has 0 radical (unpaired) electrons. The van der Waals surface area contributed by atoms with Crippen LogP contribution in [0, 0.1) is 13.8 Å². The van der Waals surface area contributed by atoms with Crippen LogP contribution < -0.4 is 15.5 Å². The minimum absolute atomic E-state index is 0.0728. The molecule has 10 heteroatoms. The highest BCUT2D eigenvalue weighted by molar-refractivity contribution is 7.14. The molecule has 4 rings (SSSR count). The summed E-state index contributed by atoms with van der Waals surface area (Å²) in [4.78, 5) is 28.2. The van der Waals surface area contributed by atoms with E-state index in [2.05, 4.69) is 33.0 Å². The zero-order valence-corrected chi connectivity index (χ0v) is 22.8. The Bertz CT molecular complexity index is 1220. The molecule has 0 spiro atoms. The molecule has 0 saturated carbocycles. The standard InChI is InChI=1S/C27H35N7O2S/c1-5-28-12-13-29-25(35)17-33(24-14-21(11-10-19(24)2)27-31-30-20(3)37-27)18-26(36)32(4)34-15-22-8-6-7-9-23(22)16-34/h6-11,14,28H,5,12-13,15-18H2,1-4H3,(H,29,35). The van der Waals surface area contributed by atoms with Crippen LogP contribution in [0.1, 0.15) is 28.6 Å². The molecule has 0 atom stereocenters. The van der Waals surface area contributed by atoms with Gasteiger partial charge in [0.15, 0.2) is 0 Å². The minimum Gasteiger partial charge on any atom is -0.353 e. The van der Waals surface area contributed by atoms with Crippen molar-refractivity contribution in [3.63, 3.8) is 0 Å². The van der Waals surface area contributed by atoms with Crippen LogP contribution in [0.2, 0.25) is 0 Å². The van der Waals surface area contributed by atoms with Gasteiger partial charge in [-0.05, 0) is 43.1 Å². The van der Waals surface area contributed by atoms with Crippen molar-refractivity contribution in [2.75, 3.05) is 44.7 Å². The van der Waals surface area contributed by atoms with E-state index in [1.807, 2.05) is 61.0 Å². The molecule has 1 aromatic heterocycles. The Balaban J connectivity index is 1.53. The van der Waals surface area contributed by atoms with E-state index < -0.39 is 0 Å². The van der Waals surface area contributed by atoms with Crippen molar-refractivity contribution in [3.8, 4) is 10.6 Å². The molecule has 2 amide bonds. The Kier molecular flexibility index (Phi) is 8.86. The Hall–Kier alpha value is -3.34. The zero-order valence-electron chi connectivity index (χ0n) is 22.0. The van der Waals surface area contributed by atoms with E-state index in [0.29, 0.717) is 26.2 Å². The second-order valence-corrected chi connectivity index (χ2v) is 10.4. The monoisotopic (exact) mass is 521 g/mol. The smallest absolute Gasteiger partial charge is 0.256 e. The van der Waals surface area contributed by atoms with Crippen molar-refractivity contribution in [3.05, 3.63) is 64.2 Å². The number of aromatic nitrogens is 2. The van der Waals surface area contributed by atoms with E-state index in [1.165, 1.54) is 22.5 Å². The quantitative estimate of drug-likeness (QED) is 0.375. The SMILES string of the molecule is CCNCCNC(=O)CN(CC(=O)N(C)N1Cc2ccccc2C1)c1cc(-c2nnc(C)s2)ccc1C. The largest absolute Gasteiger partial charge is 0.353 e. The number of nitrogens with zero attached hydrogens (tertiary/aromatic N) is 5. The first-order valence-corrected chi connectivity index (χ1v) is 13.4. The van der Waals surface area contributed by atoms with Gasteiger partial charge in [0, 0.05) is 44.5 Å². The number of rotatable bonds is 11. The fraction of sp³-hybridized carbons (Fsp3) is 0.407. The molecule has 0 saturated heterocycles. The van der Waals surface area contributed by atoms with Crippen LogP contribution in [0.5, 0.6) is 0 Å². The van der Waals surface area contributed by atoms with Gasteiger partial charge in [0.1, 0.15) is 10.0 Å². The number of hydrogen-bond acceptors (Lipinski definition) is 8. The van der Waals surface area contributed by atoms with Gasteiger partial charge in [-0.3, -0.25) is 14.6 Å². The highest BCUT2D eigenvalue weighted by atomic mass is 32.1. The number of fused-ring (bicyclic) bond motifs is 1. The van der Waals surface area contributed by atoms with E-state index in [4.69, 9.17) is 0 Å². The number of benzene rings is 2. The molecule has 0 bridgehead atoms. The first kappa shape index (κ1) is 26.7. The van der Waals surface area contributed by atoms with Crippen molar-refractivity contribution in [2.24, 2.45) is 0 Å². The van der Waals surface area contributed by atoms with Gasteiger partial charge in [0.2, 0.25) is 5.91 Å². The van der Waals surface area contributed by atoms with Crippen LogP contribution in [-0.4, -0.2) is 71.8 Å². The first-order valence-electron chi connectivity index (χ1n) is 12.6. The zero-order chi connectivity index (χ0) is 26.4. The molecule has 2 aromatic carbocycles. The second kappa shape index (κ2) is 12.3. The summed E-state index contributed by atoms with van der Waals surface area (Å²) >= 11 is 1.52. The lowest BCUT2D eigenvalue weighted by atomic mass is 10.1. The maximum Gasteiger partial charge on any atom is 0.256 e. The molecule has 0 aliphatic carbocycles. The molecule has 0 unspecified atom stereocenters. The van der Waals surface area contributed by atoms with Crippen molar-refractivity contribution in [2.45, 2.75) is 33.9 Å². The van der Waals surface area contributed by atoms with Crippen molar-refractivity contribution in [1.29, 1.82) is 0 Å². The molecular weight excluding hydrogens is 486 g/mol. The Morgan fingerprint density at radius 1 is 1.03 bits per heavy atom. The molecule has 2 N–H and O–H groups in total. The van der Waals surface area contributed by atoms with Crippen LogP contribution in [0.25, 0.3) is 10.6 Å². The summed E-state index contributed by atoms with van der Waals surface area (Å²) in [5, 5.41) is 20.0. The minimum atomic E-state index is -0.126. The molecule has 0 fully saturated rings. The fourth-order valence-corrected chi connectivity index (χ4v) is 5.06. The lowest BCUT2D eigenvalue weighted by Gasteiger charge is -2.32. The predicted molar refractivity (Wildman–Crippen MR) is 147 cm³/mol. The number of likely N-dealkylation sites (N-methyl/N-ethyl adjacent to an activating group) is 2. The number of nitrogens with one attached hydrogen (secondary N) is 2. The van der Waals surface area contributed by atoms with Gasteiger partial charge in [-0.15, -0.1) is 10.2 Å². The van der Waals surface area contributed by atoms with Gasteiger partial charge in [-0.1, -0.05) is 54.7 Å². The topological polar surface area (TPSA) is 93.7 Å². The summed E-state index contributed by atoms with van der Waals surface area (Å²) in [6.07, 6.45) is 0. The average Bonchev–Trinajstić information content (AvgIpc) is 3.52. The number of hydrazine groups is 1. The molecular formula is C27H35N7O2S. The molecule has 1 aliphatic rings. The fourth-order valence-electron chi connectivity index (χ4n) is 4.37. The maximum atomic E-state index is 13.5. The van der Waals surface area contributed by atoms with Gasteiger partial charge in [0.25, 0.3) is 5.91 Å². The summed E-state index contributed by atoms with van der Waals surface area (Å²) in [5.74, 6) is -0.205. The van der Waals surface area contributed by atoms with Gasteiger partial charge < -0.3 is 15.5 Å². The van der Waals surface area contributed by atoms with Crippen LogP contribution in [0.15, 0.2) is 42.5 Å². The van der Waals surface area contributed by atoms with Crippen LogP contribution >= 0.6 is 11.3 Å². The van der Waals surface area contributed by atoms with E-state index in [-0.39, 0.29) is 24.9 Å². The van der Waals surface area contributed by atoms with Crippen molar-refractivity contribution >= 4 is 28.8 Å². The summed E-state index contributed by atoms with van der Waals surface area (Å²) in [5.41, 5.74) is 5.19. The normalized spacial score (nSPS) is 12.9. The Morgan fingerprint density at radius 2 is 1.76 bits per heavy atom. The first-order chi connectivity index (χ1) is 17.9. The highest BCUT2D eigenvalue weighted by Gasteiger charge is 2.27. The van der Waals surface area contributed by atoms with Gasteiger partial charge >= 0.3 is 0 Å². The number of hydrogen-bond donors (Lipinski definition) is 2. The Morgan fingerprint density at radius 3 is 2.41 bits per heavy atom. The van der Waals surface area contributed by atoms with Crippen molar-refractivity contribution < 1.29 is 9.59 Å². The summed E-state index contributed by atoms with van der Waals surface area (Å²) in [6, 6.07) is 14.3. The van der Waals surface area contributed by atoms with E-state index >= 15 is 0 Å². The predicted octanol–water partition coefficient (Wildman–Crippen LogP) is 2.74. The molecule has 3 aromatic rings. The molecule has 2 heterocycles. The third-order valence-electron chi connectivity index (χ3n) is 6.47. The number of aryl methyl sites for hydroxylation is 2. The van der Waals surface area contributed by atoms with E-state index in [9.17, 15) is 9.59 Å². The lowest BCUT2D eigenvalue weighted by Crippen LogP contribution is -2.48. The van der Waals surface area contributed by atoms with Gasteiger partial charge in [-0.25, -0.2) is 5.01 Å². The number of carbonyl (C=O) groups is 2. The van der Waals surface area contributed by atoms with E-state index in [1.54, 1.807) is 12.1 Å². The number of anilines is 1. The van der Waals surface area contributed by atoms with Crippen LogP contribution in [0.3, 0.4) is 0 Å². The molecule has 9 nitrogen and oxygen atoms in total. The Labute approximate surface area is 222 Å². The highest BCUT2D eigenvalue weighted by Crippen LogP contribution is 2.30. The van der Waals surface area contributed by atoms with Gasteiger partial charge in [0.05, 0.1) is 13.1 Å². The third-order valence-corrected chi connectivity index (χ3v) is 7.35. The van der Waals surface area contributed by atoms with Crippen LogP contribution in [-0.2, 0) is 22.7 Å². The third kappa shape index (κ3) is 6.71. The summed E-state index contributed by atoms with van der Waals surface area (Å²) in [7, 11) is 1.80. The number of carbonyl (C=O) groups excluding carboxylic acids is 2. The molecule has 1 aliphatic heterocycles. The average molecular weight is 522 g/mol. The maximum absolute atomic E-state index is 13.5. The van der Waals surface area contributed by atoms with Crippen molar-refractivity contribution in [1.82, 2.24) is 30.8 Å². The molecule has 196 valence electrons. The number of amides is 2. The van der Waals surface area contributed by atoms with E-state index in [0.717, 1.165) is 33.4 Å². The summed E-state index contributed by atoms with van der Waals surface area (Å²) in [6.45, 7) is 9.54. The lowest BCUT2D eigenvalue weighted by molar-refractivity contribution is -0.145. The van der Waals surface area contributed by atoms with Crippen LogP contribution in [0.4, 0.5) is 5.69 Å². The second-order valence-electron chi connectivity index (χ2n) is 9.20. The summed E-state index contributed by atoms with van der Waals surface area (Å²) < 4.78 is 0.